The molecule has 2 aromatic rings. The highest BCUT2D eigenvalue weighted by molar-refractivity contribution is 5.99. The molecule has 0 heterocycles. The number of aliphatic carboxylic acids is 1. The van der Waals surface area contributed by atoms with Crippen LogP contribution in [0.1, 0.15) is 51.6 Å². The SMILES string of the molecule is C[C@@H](O)[C@H](NC(=O)c1ccc(C#Cc2ccc(C(=O)CC(CC(N)=O)C(=O)O)cc2)cc1)C(=O)CO. The average molecular weight is 495 g/mol. The van der Waals surface area contributed by atoms with Gasteiger partial charge in [0.2, 0.25) is 5.91 Å². The first-order valence-corrected chi connectivity index (χ1v) is 10.9. The number of Topliss-reactive ketones (excluding diaryl/α,β-unsaturated/α-hetero) is 2. The molecule has 10 heteroatoms. The van der Waals surface area contributed by atoms with Crippen LogP contribution in [-0.2, 0) is 14.4 Å². The van der Waals surface area contributed by atoms with E-state index < -0.39 is 60.4 Å². The number of hydrogen-bond acceptors (Lipinski definition) is 7. The lowest BCUT2D eigenvalue weighted by atomic mass is 9.95. The predicted molar refractivity (Wildman–Crippen MR) is 128 cm³/mol. The molecule has 1 unspecified atom stereocenters. The number of carbonyl (C=O) groups is 5. The van der Waals surface area contributed by atoms with Gasteiger partial charge < -0.3 is 26.4 Å². The van der Waals surface area contributed by atoms with Crippen LogP contribution in [0.2, 0.25) is 0 Å². The molecule has 0 spiro atoms. The molecule has 0 aliphatic carbocycles. The van der Waals surface area contributed by atoms with Gasteiger partial charge in [-0.05, 0) is 43.3 Å². The molecule has 0 saturated heterocycles. The standard InChI is InChI=1S/C26H26N2O8/c1-15(30)24(22(32)14-29)28-25(34)19-10-6-17(7-11-19)3-2-16-4-8-18(9-5-16)21(31)12-20(26(35)36)13-23(27)33/h4-11,15,20,24,29-30H,12-14H2,1H3,(H2,27,33)(H,28,34)(H,35,36)/t15-,20?,24+/m1/s1. The van der Waals surface area contributed by atoms with E-state index in [0.717, 1.165) is 0 Å². The molecule has 2 rings (SSSR count). The summed E-state index contributed by atoms with van der Waals surface area (Å²) in [5.74, 6) is 0.827. The van der Waals surface area contributed by atoms with Crippen molar-refractivity contribution in [3.63, 3.8) is 0 Å². The maximum Gasteiger partial charge on any atom is 0.307 e. The largest absolute Gasteiger partial charge is 0.481 e. The number of carboxylic acids is 1. The Morgan fingerprint density at radius 2 is 1.39 bits per heavy atom. The number of aliphatic hydroxyl groups excluding tert-OH is 2. The van der Waals surface area contributed by atoms with Gasteiger partial charge in [0.15, 0.2) is 11.6 Å². The third kappa shape index (κ3) is 8.16. The summed E-state index contributed by atoms with van der Waals surface area (Å²) in [6.45, 7) is 0.522. The zero-order valence-corrected chi connectivity index (χ0v) is 19.4. The normalized spacial score (nSPS) is 12.9. The summed E-state index contributed by atoms with van der Waals surface area (Å²) >= 11 is 0. The highest BCUT2D eigenvalue weighted by Gasteiger charge is 2.25. The summed E-state index contributed by atoms with van der Waals surface area (Å²) in [5, 5.41) is 30.2. The van der Waals surface area contributed by atoms with Gasteiger partial charge in [-0.25, -0.2) is 0 Å². The second kappa shape index (κ2) is 12.9. The van der Waals surface area contributed by atoms with E-state index in [2.05, 4.69) is 17.2 Å². The van der Waals surface area contributed by atoms with E-state index in [1.807, 2.05) is 0 Å². The summed E-state index contributed by atoms with van der Waals surface area (Å²) in [5.41, 5.74) is 6.72. The Labute approximate surface area is 207 Å². The molecule has 6 N–H and O–H groups in total. The van der Waals surface area contributed by atoms with Crippen LogP contribution in [0.25, 0.3) is 0 Å². The fraction of sp³-hybridized carbons (Fsp3) is 0.269. The molecule has 188 valence electrons. The third-order valence-corrected chi connectivity index (χ3v) is 5.21. The number of carbonyl (C=O) groups excluding carboxylic acids is 4. The Morgan fingerprint density at radius 1 is 0.889 bits per heavy atom. The van der Waals surface area contributed by atoms with Crippen LogP contribution in [-0.4, -0.2) is 63.4 Å². The topological polar surface area (TPSA) is 184 Å². The lowest BCUT2D eigenvalue weighted by Crippen LogP contribution is -2.48. The maximum absolute atomic E-state index is 12.3. The zero-order chi connectivity index (χ0) is 26.8. The fourth-order valence-corrected chi connectivity index (χ4v) is 3.21. The first-order valence-electron chi connectivity index (χ1n) is 10.9. The molecule has 2 amide bonds. The molecule has 0 aromatic heterocycles. The van der Waals surface area contributed by atoms with Crippen molar-refractivity contribution in [3.8, 4) is 11.8 Å². The fourth-order valence-electron chi connectivity index (χ4n) is 3.21. The molecule has 0 aliphatic heterocycles. The van der Waals surface area contributed by atoms with Crippen molar-refractivity contribution in [1.82, 2.24) is 5.32 Å². The third-order valence-electron chi connectivity index (χ3n) is 5.21. The Morgan fingerprint density at radius 3 is 1.81 bits per heavy atom. The van der Waals surface area contributed by atoms with Gasteiger partial charge in [-0.1, -0.05) is 24.0 Å². The van der Waals surface area contributed by atoms with Crippen LogP contribution in [0.3, 0.4) is 0 Å². The zero-order valence-electron chi connectivity index (χ0n) is 19.4. The van der Waals surface area contributed by atoms with Crippen molar-refractivity contribution in [2.75, 3.05) is 6.61 Å². The van der Waals surface area contributed by atoms with Crippen LogP contribution in [0.4, 0.5) is 0 Å². The minimum Gasteiger partial charge on any atom is -0.481 e. The van der Waals surface area contributed by atoms with Gasteiger partial charge in [0.1, 0.15) is 12.6 Å². The molecule has 0 fully saturated rings. The number of rotatable bonds is 11. The smallest absolute Gasteiger partial charge is 0.307 e. The summed E-state index contributed by atoms with van der Waals surface area (Å²) in [6, 6.07) is 11.2. The van der Waals surface area contributed by atoms with Crippen molar-refractivity contribution in [2.24, 2.45) is 11.7 Å². The molecule has 0 bridgehead atoms. The Bertz CT molecular complexity index is 1190. The van der Waals surface area contributed by atoms with Crippen LogP contribution in [0.5, 0.6) is 0 Å². The number of aliphatic hydroxyl groups is 2. The van der Waals surface area contributed by atoms with E-state index in [1.54, 1.807) is 24.3 Å². The van der Waals surface area contributed by atoms with E-state index in [1.165, 1.54) is 31.2 Å². The molecule has 3 atom stereocenters. The highest BCUT2D eigenvalue weighted by atomic mass is 16.4. The number of benzene rings is 2. The number of nitrogens with two attached hydrogens (primary N) is 1. The second-order valence-electron chi connectivity index (χ2n) is 8.05. The number of primary amides is 1. The molecular weight excluding hydrogens is 468 g/mol. The van der Waals surface area contributed by atoms with Crippen molar-refractivity contribution in [2.45, 2.75) is 31.9 Å². The van der Waals surface area contributed by atoms with Crippen LogP contribution < -0.4 is 11.1 Å². The number of carboxylic acid groups (broad SMARTS) is 1. The first-order chi connectivity index (χ1) is 17.0. The van der Waals surface area contributed by atoms with E-state index in [-0.39, 0.29) is 17.5 Å². The molecular formula is C26H26N2O8. The van der Waals surface area contributed by atoms with Gasteiger partial charge in [-0.15, -0.1) is 0 Å². The van der Waals surface area contributed by atoms with E-state index in [9.17, 15) is 29.1 Å². The van der Waals surface area contributed by atoms with Crippen LogP contribution in [0.15, 0.2) is 48.5 Å². The average Bonchev–Trinajstić information content (AvgIpc) is 2.85. The lowest BCUT2D eigenvalue weighted by molar-refractivity contribution is -0.143. The molecule has 2 aromatic carbocycles. The number of nitrogens with one attached hydrogen (secondary N) is 1. The maximum atomic E-state index is 12.3. The minimum atomic E-state index is -1.27. The number of ketones is 2. The van der Waals surface area contributed by atoms with E-state index in [4.69, 9.17) is 15.9 Å². The van der Waals surface area contributed by atoms with Crippen molar-refractivity contribution >= 4 is 29.4 Å². The quantitative estimate of drug-likeness (QED) is 0.218. The van der Waals surface area contributed by atoms with Crippen molar-refractivity contribution in [3.05, 3.63) is 70.8 Å². The molecule has 0 radical (unpaired) electrons. The van der Waals surface area contributed by atoms with E-state index >= 15 is 0 Å². The summed E-state index contributed by atoms with van der Waals surface area (Å²) in [4.78, 5) is 58.6. The number of amides is 2. The summed E-state index contributed by atoms with van der Waals surface area (Å²) < 4.78 is 0. The van der Waals surface area contributed by atoms with Gasteiger partial charge in [0.05, 0.1) is 12.0 Å². The first kappa shape index (κ1) is 27.9. The van der Waals surface area contributed by atoms with E-state index in [0.29, 0.717) is 11.1 Å². The second-order valence-corrected chi connectivity index (χ2v) is 8.05. The van der Waals surface area contributed by atoms with Gasteiger partial charge in [-0.2, -0.15) is 0 Å². The highest BCUT2D eigenvalue weighted by Crippen LogP contribution is 2.15. The molecule has 0 saturated carbocycles. The monoisotopic (exact) mass is 494 g/mol. The Hall–Kier alpha value is -4.33. The summed E-state index contributed by atoms with van der Waals surface area (Å²) in [7, 11) is 0. The van der Waals surface area contributed by atoms with Crippen LogP contribution in [0, 0.1) is 17.8 Å². The van der Waals surface area contributed by atoms with Crippen molar-refractivity contribution < 1.29 is 39.3 Å². The van der Waals surface area contributed by atoms with Gasteiger partial charge in [0.25, 0.3) is 5.91 Å². The molecule has 0 aliphatic rings. The van der Waals surface area contributed by atoms with Crippen molar-refractivity contribution in [1.29, 1.82) is 0 Å². The van der Waals surface area contributed by atoms with Gasteiger partial charge in [0, 0.05) is 35.1 Å². The van der Waals surface area contributed by atoms with Gasteiger partial charge >= 0.3 is 5.97 Å². The number of hydrogen-bond donors (Lipinski definition) is 5. The minimum absolute atomic E-state index is 0.232. The molecule has 10 nitrogen and oxygen atoms in total. The Kier molecular flexibility index (Phi) is 10.0. The predicted octanol–water partition coefficient (Wildman–Crippen LogP) is 0.276. The van der Waals surface area contributed by atoms with Crippen LogP contribution >= 0.6 is 0 Å². The Balaban J connectivity index is 2.04. The van der Waals surface area contributed by atoms with Gasteiger partial charge in [-0.3, -0.25) is 24.0 Å². The molecule has 36 heavy (non-hydrogen) atoms. The summed E-state index contributed by atoms with van der Waals surface area (Å²) in [6.07, 6.45) is -1.95. The lowest BCUT2D eigenvalue weighted by Gasteiger charge is -2.19.